The number of aromatic nitrogens is 2. The van der Waals surface area contributed by atoms with Gasteiger partial charge in [-0.2, -0.15) is 16.7 Å². The van der Waals surface area contributed by atoms with Crippen LogP contribution in [0, 0.1) is 0 Å². The first-order chi connectivity index (χ1) is 7.31. The zero-order valence-electron chi connectivity index (χ0n) is 8.98. The van der Waals surface area contributed by atoms with Crippen molar-refractivity contribution in [3.8, 4) is 0 Å². The van der Waals surface area contributed by atoms with Crippen LogP contribution < -0.4 is 5.73 Å². The van der Waals surface area contributed by atoms with Gasteiger partial charge in [0.05, 0.1) is 6.04 Å². The molecular weight excluding hydrogens is 210 g/mol. The van der Waals surface area contributed by atoms with Gasteiger partial charge < -0.3 is 10.3 Å². The lowest BCUT2D eigenvalue weighted by Crippen LogP contribution is -2.11. The maximum Gasteiger partial charge on any atom is 0.230 e. The number of hydrogen-bond donors (Lipinski definition) is 1. The molecule has 0 bridgehead atoms. The molecule has 2 N–H and O–H groups in total. The standard InChI is InChI=1S/C10H17N3OS/c1-2-3-8(11)9-12-10(14-13-9)7-4-5-15-6-7/h7-8H,2-6,11H2,1H3. The molecule has 0 radical (unpaired) electrons. The summed E-state index contributed by atoms with van der Waals surface area (Å²) in [5.41, 5.74) is 5.93. The Hall–Kier alpha value is -0.550. The number of rotatable bonds is 4. The van der Waals surface area contributed by atoms with Gasteiger partial charge in [0.25, 0.3) is 0 Å². The van der Waals surface area contributed by atoms with E-state index in [4.69, 9.17) is 10.3 Å². The molecule has 2 heterocycles. The predicted molar refractivity (Wildman–Crippen MR) is 60.8 cm³/mol. The summed E-state index contributed by atoms with van der Waals surface area (Å²) in [7, 11) is 0. The van der Waals surface area contributed by atoms with E-state index < -0.39 is 0 Å². The Morgan fingerprint density at radius 2 is 2.53 bits per heavy atom. The van der Waals surface area contributed by atoms with Crippen molar-refractivity contribution in [1.82, 2.24) is 10.1 Å². The minimum atomic E-state index is -0.0680. The second-order valence-electron chi connectivity index (χ2n) is 3.95. The third-order valence-electron chi connectivity index (χ3n) is 2.67. The van der Waals surface area contributed by atoms with Crippen molar-refractivity contribution in [1.29, 1.82) is 0 Å². The van der Waals surface area contributed by atoms with Gasteiger partial charge in [0, 0.05) is 11.7 Å². The summed E-state index contributed by atoms with van der Waals surface area (Å²) in [6, 6.07) is -0.0680. The van der Waals surface area contributed by atoms with Crippen LogP contribution in [0.3, 0.4) is 0 Å². The predicted octanol–water partition coefficient (Wildman–Crippen LogP) is 2.09. The van der Waals surface area contributed by atoms with E-state index in [0.717, 1.165) is 30.9 Å². The van der Waals surface area contributed by atoms with Crippen LogP contribution in [0.25, 0.3) is 0 Å². The molecule has 15 heavy (non-hydrogen) atoms. The molecule has 2 atom stereocenters. The Kier molecular flexibility index (Phi) is 3.64. The van der Waals surface area contributed by atoms with E-state index in [1.54, 1.807) is 0 Å². The van der Waals surface area contributed by atoms with Crippen LogP contribution in [-0.4, -0.2) is 21.6 Å². The van der Waals surface area contributed by atoms with E-state index in [1.807, 2.05) is 11.8 Å². The molecule has 1 fully saturated rings. The Morgan fingerprint density at radius 3 is 3.20 bits per heavy atom. The summed E-state index contributed by atoms with van der Waals surface area (Å²) >= 11 is 1.95. The minimum absolute atomic E-state index is 0.0680. The van der Waals surface area contributed by atoms with Gasteiger partial charge in [0.2, 0.25) is 5.89 Å². The summed E-state index contributed by atoms with van der Waals surface area (Å²) in [5, 5.41) is 3.96. The summed E-state index contributed by atoms with van der Waals surface area (Å²) in [6.45, 7) is 2.11. The SMILES string of the molecule is CCCC(N)c1noc(C2CCSC2)n1. The lowest BCUT2D eigenvalue weighted by atomic mass is 10.1. The molecule has 1 aromatic rings. The highest BCUT2D eigenvalue weighted by molar-refractivity contribution is 7.99. The summed E-state index contributed by atoms with van der Waals surface area (Å²) in [5.74, 6) is 4.20. The topological polar surface area (TPSA) is 64.9 Å². The highest BCUT2D eigenvalue weighted by atomic mass is 32.2. The third-order valence-corrected chi connectivity index (χ3v) is 3.83. The van der Waals surface area contributed by atoms with Gasteiger partial charge in [0.15, 0.2) is 5.82 Å². The van der Waals surface area contributed by atoms with E-state index in [1.165, 1.54) is 5.75 Å². The van der Waals surface area contributed by atoms with Gasteiger partial charge in [0.1, 0.15) is 0 Å². The van der Waals surface area contributed by atoms with Crippen molar-refractivity contribution in [3.05, 3.63) is 11.7 Å². The largest absolute Gasteiger partial charge is 0.339 e. The van der Waals surface area contributed by atoms with Crippen molar-refractivity contribution < 1.29 is 4.52 Å². The molecule has 84 valence electrons. The highest BCUT2D eigenvalue weighted by Crippen LogP contribution is 2.31. The number of nitrogens with two attached hydrogens (primary N) is 1. The molecule has 0 saturated carbocycles. The van der Waals surface area contributed by atoms with E-state index in [-0.39, 0.29) is 6.04 Å². The zero-order chi connectivity index (χ0) is 10.7. The van der Waals surface area contributed by atoms with E-state index >= 15 is 0 Å². The van der Waals surface area contributed by atoms with Crippen molar-refractivity contribution in [2.24, 2.45) is 5.73 Å². The highest BCUT2D eigenvalue weighted by Gasteiger charge is 2.24. The Morgan fingerprint density at radius 1 is 1.67 bits per heavy atom. The molecule has 1 aliphatic heterocycles. The first kappa shape index (κ1) is 11.0. The first-order valence-corrected chi connectivity index (χ1v) is 6.63. The zero-order valence-corrected chi connectivity index (χ0v) is 9.80. The smallest absolute Gasteiger partial charge is 0.230 e. The second kappa shape index (κ2) is 4.99. The number of thioether (sulfide) groups is 1. The summed E-state index contributed by atoms with van der Waals surface area (Å²) in [6.07, 6.45) is 3.11. The normalized spacial score (nSPS) is 23.2. The van der Waals surface area contributed by atoms with E-state index in [2.05, 4.69) is 17.1 Å². The second-order valence-corrected chi connectivity index (χ2v) is 5.10. The quantitative estimate of drug-likeness (QED) is 0.853. The molecule has 0 aliphatic carbocycles. The maximum atomic E-state index is 5.93. The van der Waals surface area contributed by atoms with E-state index in [9.17, 15) is 0 Å². The molecule has 2 unspecified atom stereocenters. The monoisotopic (exact) mass is 227 g/mol. The molecular formula is C10H17N3OS. The molecule has 4 nitrogen and oxygen atoms in total. The van der Waals surface area contributed by atoms with Crippen molar-refractivity contribution >= 4 is 11.8 Å². The maximum absolute atomic E-state index is 5.93. The van der Waals surface area contributed by atoms with Crippen LogP contribution >= 0.6 is 11.8 Å². The fraction of sp³-hybridized carbons (Fsp3) is 0.800. The van der Waals surface area contributed by atoms with Gasteiger partial charge in [-0.1, -0.05) is 18.5 Å². The van der Waals surface area contributed by atoms with E-state index in [0.29, 0.717) is 11.7 Å². The first-order valence-electron chi connectivity index (χ1n) is 5.48. The number of hydrogen-bond acceptors (Lipinski definition) is 5. The van der Waals surface area contributed by atoms with Crippen LogP contribution in [0.2, 0.25) is 0 Å². The fourth-order valence-electron chi connectivity index (χ4n) is 1.73. The van der Waals surface area contributed by atoms with Crippen LogP contribution in [-0.2, 0) is 0 Å². The molecule has 0 spiro atoms. The van der Waals surface area contributed by atoms with Gasteiger partial charge in [-0.3, -0.25) is 0 Å². The summed E-state index contributed by atoms with van der Waals surface area (Å²) < 4.78 is 5.26. The van der Waals surface area contributed by atoms with Crippen molar-refractivity contribution in [3.63, 3.8) is 0 Å². The molecule has 1 aliphatic rings. The van der Waals surface area contributed by atoms with Crippen LogP contribution in [0.4, 0.5) is 0 Å². The average Bonchev–Trinajstić information content (AvgIpc) is 2.89. The van der Waals surface area contributed by atoms with Gasteiger partial charge in [-0.05, 0) is 18.6 Å². The minimum Gasteiger partial charge on any atom is -0.339 e. The molecule has 0 amide bonds. The fourth-order valence-corrected chi connectivity index (χ4v) is 2.94. The Bertz CT molecular complexity index is 309. The van der Waals surface area contributed by atoms with Crippen LogP contribution in [0.1, 0.15) is 49.9 Å². The third kappa shape index (κ3) is 2.52. The lowest BCUT2D eigenvalue weighted by molar-refractivity contribution is 0.353. The van der Waals surface area contributed by atoms with Gasteiger partial charge in [-0.15, -0.1) is 0 Å². The number of nitrogens with zero attached hydrogens (tertiary/aromatic N) is 2. The van der Waals surface area contributed by atoms with Gasteiger partial charge >= 0.3 is 0 Å². The average molecular weight is 227 g/mol. The Balaban J connectivity index is 2.02. The lowest BCUT2D eigenvalue weighted by Gasteiger charge is -2.03. The molecule has 0 aromatic carbocycles. The summed E-state index contributed by atoms with van der Waals surface area (Å²) in [4.78, 5) is 4.39. The van der Waals surface area contributed by atoms with Crippen LogP contribution in [0.15, 0.2) is 4.52 Å². The van der Waals surface area contributed by atoms with Crippen molar-refractivity contribution in [2.75, 3.05) is 11.5 Å². The molecule has 5 heteroatoms. The molecule has 1 aromatic heterocycles. The van der Waals surface area contributed by atoms with Crippen LogP contribution in [0.5, 0.6) is 0 Å². The van der Waals surface area contributed by atoms with Gasteiger partial charge in [-0.25, -0.2) is 0 Å². The molecule has 1 saturated heterocycles. The molecule has 2 rings (SSSR count). The van der Waals surface area contributed by atoms with Crippen molar-refractivity contribution in [2.45, 2.75) is 38.1 Å². The Labute approximate surface area is 94.0 Å².